The molecule has 0 bridgehead atoms. The summed E-state index contributed by atoms with van der Waals surface area (Å²) in [4.78, 5) is 0. The molecular formula is C27H32O2. The van der Waals surface area contributed by atoms with E-state index >= 15 is 0 Å². The smallest absolute Gasteiger partial charge is 0.119 e. The third-order valence-electron chi connectivity index (χ3n) is 5.55. The highest BCUT2D eigenvalue weighted by atomic mass is 16.3. The Morgan fingerprint density at radius 2 is 0.931 bits per heavy atom. The Balaban J connectivity index is 2.82. The van der Waals surface area contributed by atoms with Crippen LogP contribution in [0.5, 0.6) is 11.5 Å². The average Bonchev–Trinajstić information content (AvgIpc) is 2.67. The van der Waals surface area contributed by atoms with Gasteiger partial charge in [-0.15, -0.1) is 26.3 Å². The number of aromatic hydroxyl groups is 2. The normalized spacial score (nSPS) is 11.1. The van der Waals surface area contributed by atoms with Gasteiger partial charge >= 0.3 is 0 Å². The molecule has 2 aromatic rings. The van der Waals surface area contributed by atoms with Crippen LogP contribution in [0.2, 0.25) is 0 Å². The van der Waals surface area contributed by atoms with Crippen molar-refractivity contribution >= 4 is 0 Å². The number of hydrogen-bond donors (Lipinski definition) is 2. The molecule has 2 heteroatoms. The largest absolute Gasteiger partial charge is 0.508 e. The third kappa shape index (κ3) is 4.37. The second kappa shape index (κ2) is 9.47. The Hall–Kier alpha value is -3.00. The van der Waals surface area contributed by atoms with Gasteiger partial charge in [0, 0.05) is 16.5 Å². The van der Waals surface area contributed by atoms with Gasteiger partial charge in [0.1, 0.15) is 11.5 Å². The second-order valence-electron chi connectivity index (χ2n) is 7.77. The highest BCUT2D eigenvalue weighted by Gasteiger charge is 2.30. The maximum Gasteiger partial charge on any atom is 0.119 e. The molecule has 0 aliphatic rings. The summed E-state index contributed by atoms with van der Waals surface area (Å²) in [7, 11) is 0. The van der Waals surface area contributed by atoms with E-state index < -0.39 is 0 Å². The summed E-state index contributed by atoms with van der Waals surface area (Å²) in [5, 5.41) is 20.9. The Labute approximate surface area is 175 Å². The fourth-order valence-corrected chi connectivity index (χ4v) is 4.18. The molecule has 2 aromatic carbocycles. The van der Waals surface area contributed by atoms with Crippen molar-refractivity contribution in [1.82, 2.24) is 0 Å². The molecule has 2 nitrogen and oxygen atoms in total. The molecule has 0 saturated heterocycles. The molecule has 29 heavy (non-hydrogen) atoms. The summed E-state index contributed by atoms with van der Waals surface area (Å²) >= 11 is 0. The lowest BCUT2D eigenvalue weighted by Gasteiger charge is -2.33. The van der Waals surface area contributed by atoms with Gasteiger partial charge in [0.25, 0.3) is 0 Å². The van der Waals surface area contributed by atoms with Crippen LogP contribution in [0.1, 0.15) is 47.2 Å². The lowest BCUT2D eigenvalue weighted by molar-refractivity contribution is 0.466. The van der Waals surface area contributed by atoms with Crippen molar-refractivity contribution in [2.24, 2.45) is 0 Å². The topological polar surface area (TPSA) is 40.5 Å². The lowest BCUT2D eigenvalue weighted by Crippen LogP contribution is -2.24. The second-order valence-corrected chi connectivity index (χ2v) is 7.77. The Morgan fingerprint density at radius 3 is 1.24 bits per heavy atom. The van der Waals surface area contributed by atoms with E-state index in [1.165, 1.54) is 0 Å². The van der Waals surface area contributed by atoms with Gasteiger partial charge in [-0.1, -0.05) is 50.3 Å². The minimum Gasteiger partial charge on any atom is -0.508 e. The Kier molecular flexibility index (Phi) is 7.28. The van der Waals surface area contributed by atoms with Crippen LogP contribution in [-0.4, -0.2) is 10.2 Å². The van der Waals surface area contributed by atoms with Crippen LogP contribution in [0.4, 0.5) is 0 Å². The van der Waals surface area contributed by atoms with Crippen molar-refractivity contribution in [2.75, 3.05) is 0 Å². The van der Waals surface area contributed by atoms with Gasteiger partial charge in [0.05, 0.1) is 0 Å². The Bertz CT molecular complexity index is 857. The third-order valence-corrected chi connectivity index (χ3v) is 5.55. The zero-order valence-electron chi connectivity index (χ0n) is 17.7. The fourth-order valence-electron chi connectivity index (χ4n) is 4.18. The predicted molar refractivity (Wildman–Crippen MR) is 124 cm³/mol. The summed E-state index contributed by atoms with van der Waals surface area (Å²) in [6.45, 7) is 19.9. The standard InChI is InChI=1S/C27H32O2/c1-7-11-19-21(13-9-3)25(28)17-15-23(19)27(5,6)24-16-18-26(29)22(14-10-4)20(24)12-8-2/h7-10,15-18,28-29H,1-4,11-14H2,5-6H3. The molecule has 0 aliphatic heterocycles. The maximum atomic E-state index is 10.5. The van der Waals surface area contributed by atoms with E-state index in [1.807, 2.05) is 36.4 Å². The van der Waals surface area contributed by atoms with Gasteiger partial charge in [-0.3, -0.25) is 0 Å². The van der Waals surface area contributed by atoms with Crippen LogP contribution in [0.15, 0.2) is 74.9 Å². The predicted octanol–water partition coefficient (Wildman–Crippen LogP) is 6.34. The minimum absolute atomic E-state index is 0.283. The van der Waals surface area contributed by atoms with Crippen LogP contribution < -0.4 is 0 Å². The molecule has 0 unspecified atom stereocenters. The molecule has 0 spiro atoms. The van der Waals surface area contributed by atoms with Gasteiger partial charge in [-0.25, -0.2) is 0 Å². The molecule has 2 N–H and O–H groups in total. The van der Waals surface area contributed by atoms with Gasteiger partial charge in [0.2, 0.25) is 0 Å². The monoisotopic (exact) mass is 388 g/mol. The van der Waals surface area contributed by atoms with E-state index in [4.69, 9.17) is 0 Å². The van der Waals surface area contributed by atoms with Crippen molar-refractivity contribution in [1.29, 1.82) is 0 Å². The lowest BCUT2D eigenvalue weighted by atomic mass is 9.71. The van der Waals surface area contributed by atoms with Gasteiger partial charge in [-0.2, -0.15) is 0 Å². The zero-order chi connectivity index (χ0) is 21.6. The number of phenolic OH excluding ortho intramolecular Hbond substituents is 2. The van der Waals surface area contributed by atoms with Gasteiger partial charge in [-0.05, 0) is 60.1 Å². The molecule has 0 aliphatic carbocycles. The summed E-state index contributed by atoms with van der Waals surface area (Å²) < 4.78 is 0. The number of allylic oxidation sites excluding steroid dienone is 4. The van der Waals surface area contributed by atoms with E-state index in [2.05, 4.69) is 40.2 Å². The molecule has 0 amide bonds. The molecule has 0 radical (unpaired) electrons. The molecule has 0 atom stereocenters. The summed E-state index contributed by atoms with van der Waals surface area (Å²) in [6, 6.07) is 7.53. The quantitative estimate of drug-likeness (QED) is 0.466. The van der Waals surface area contributed by atoms with Crippen LogP contribution in [0.3, 0.4) is 0 Å². The summed E-state index contributed by atoms with van der Waals surface area (Å²) in [5.41, 5.74) is 5.84. The van der Waals surface area contributed by atoms with Crippen molar-refractivity contribution in [3.8, 4) is 11.5 Å². The summed E-state index contributed by atoms with van der Waals surface area (Å²) in [6.07, 6.45) is 9.85. The van der Waals surface area contributed by atoms with E-state index in [9.17, 15) is 10.2 Å². The first-order chi connectivity index (χ1) is 13.8. The van der Waals surface area contributed by atoms with Gasteiger partial charge < -0.3 is 10.2 Å². The van der Waals surface area contributed by atoms with Crippen LogP contribution >= 0.6 is 0 Å². The molecule has 0 fully saturated rings. The fraction of sp³-hybridized carbons (Fsp3) is 0.259. The molecule has 152 valence electrons. The van der Waals surface area contributed by atoms with E-state index in [0.717, 1.165) is 33.4 Å². The average molecular weight is 389 g/mol. The van der Waals surface area contributed by atoms with Crippen molar-refractivity contribution in [3.05, 3.63) is 108 Å². The highest BCUT2D eigenvalue weighted by molar-refractivity contribution is 5.56. The number of phenols is 2. The number of hydrogen-bond acceptors (Lipinski definition) is 2. The molecular weight excluding hydrogens is 356 g/mol. The van der Waals surface area contributed by atoms with E-state index in [-0.39, 0.29) is 16.9 Å². The highest BCUT2D eigenvalue weighted by Crippen LogP contribution is 2.41. The van der Waals surface area contributed by atoms with E-state index in [0.29, 0.717) is 25.7 Å². The minimum atomic E-state index is -0.357. The van der Waals surface area contributed by atoms with Crippen molar-refractivity contribution in [2.45, 2.75) is 44.9 Å². The number of rotatable bonds is 10. The summed E-state index contributed by atoms with van der Waals surface area (Å²) in [5.74, 6) is 0.566. The molecule has 0 aromatic heterocycles. The Morgan fingerprint density at radius 1 is 0.621 bits per heavy atom. The first-order valence-electron chi connectivity index (χ1n) is 9.95. The van der Waals surface area contributed by atoms with Crippen LogP contribution in [0, 0.1) is 0 Å². The van der Waals surface area contributed by atoms with E-state index in [1.54, 1.807) is 12.1 Å². The molecule has 0 saturated carbocycles. The number of benzene rings is 2. The van der Waals surface area contributed by atoms with Crippen molar-refractivity contribution < 1.29 is 10.2 Å². The van der Waals surface area contributed by atoms with Crippen LogP contribution in [0.25, 0.3) is 0 Å². The molecule has 2 rings (SSSR count). The van der Waals surface area contributed by atoms with Crippen molar-refractivity contribution in [3.63, 3.8) is 0 Å². The maximum absolute atomic E-state index is 10.5. The first kappa shape index (κ1) is 22.3. The van der Waals surface area contributed by atoms with Gasteiger partial charge in [0.15, 0.2) is 0 Å². The first-order valence-corrected chi connectivity index (χ1v) is 9.95. The zero-order valence-corrected chi connectivity index (χ0v) is 17.7. The molecule has 0 heterocycles. The van der Waals surface area contributed by atoms with Crippen LogP contribution in [-0.2, 0) is 31.1 Å². The SMILES string of the molecule is C=CCc1c(O)ccc(C(C)(C)c2ccc(O)c(CC=C)c2CC=C)c1CC=C.